The third kappa shape index (κ3) is 9.46. The number of nitriles is 3. The summed E-state index contributed by atoms with van der Waals surface area (Å²) in [6.45, 7) is 8.36. The number of hydrogen-bond acceptors (Lipinski definition) is 7. The molecule has 0 aromatic heterocycles. The first-order valence-corrected chi connectivity index (χ1v) is 5.72. The van der Waals surface area contributed by atoms with Crippen molar-refractivity contribution in [2.24, 2.45) is 5.73 Å². The van der Waals surface area contributed by atoms with Gasteiger partial charge in [0.2, 0.25) is 0 Å². The van der Waals surface area contributed by atoms with E-state index in [0.717, 1.165) is 0 Å². The summed E-state index contributed by atoms with van der Waals surface area (Å²) in [7, 11) is 0. The molecule has 0 aliphatic rings. The molecule has 0 spiro atoms. The van der Waals surface area contributed by atoms with Gasteiger partial charge < -0.3 is 21.1 Å². The van der Waals surface area contributed by atoms with Crippen LogP contribution < -0.4 is 5.73 Å². The zero-order chi connectivity index (χ0) is 17.7. The van der Waals surface area contributed by atoms with Crippen LogP contribution in [0.1, 0.15) is 5.56 Å². The summed E-state index contributed by atoms with van der Waals surface area (Å²) in [4.78, 5) is 0. The molecule has 0 saturated carbocycles. The van der Waals surface area contributed by atoms with Gasteiger partial charge in [0, 0.05) is 12.1 Å². The van der Waals surface area contributed by atoms with Crippen LogP contribution >= 0.6 is 0 Å². The van der Waals surface area contributed by atoms with Crippen molar-refractivity contribution in [3.8, 4) is 35.5 Å². The number of nitrogens with two attached hydrogens (primary N) is 1. The first-order valence-electron chi connectivity index (χ1n) is 5.72. The number of aryl methyl sites for hydroxylation is 1. The van der Waals surface area contributed by atoms with Gasteiger partial charge in [-0.1, -0.05) is 13.2 Å². The van der Waals surface area contributed by atoms with Crippen LogP contribution in [-0.4, -0.2) is 21.9 Å². The van der Waals surface area contributed by atoms with Gasteiger partial charge >= 0.3 is 0 Å². The van der Waals surface area contributed by atoms with Gasteiger partial charge in [-0.3, -0.25) is 0 Å². The molecular formula is C15H16N4O3. The fourth-order valence-corrected chi connectivity index (χ4v) is 0.812. The van der Waals surface area contributed by atoms with Gasteiger partial charge in [-0.15, -0.1) is 0 Å². The van der Waals surface area contributed by atoms with E-state index in [1.54, 1.807) is 25.1 Å². The second-order valence-electron chi connectivity index (χ2n) is 3.77. The molecule has 0 amide bonds. The number of rotatable bonds is 1. The predicted molar refractivity (Wildman–Crippen MR) is 80.3 cm³/mol. The van der Waals surface area contributed by atoms with E-state index in [0.29, 0.717) is 11.1 Å². The van der Waals surface area contributed by atoms with Crippen LogP contribution in [0.4, 0.5) is 0 Å². The molecule has 5 N–H and O–H groups in total. The molecule has 0 heterocycles. The van der Waals surface area contributed by atoms with Crippen LogP contribution in [0.5, 0.6) is 17.2 Å². The largest absolute Gasteiger partial charge is 0.504 e. The van der Waals surface area contributed by atoms with Crippen LogP contribution in [0.15, 0.2) is 36.4 Å². The Labute approximate surface area is 128 Å². The van der Waals surface area contributed by atoms with Crippen LogP contribution in [0.25, 0.3) is 0 Å². The fourth-order valence-electron chi connectivity index (χ4n) is 0.812. The number of benzene rings is 1. The Hall–Kier alpha value is -3.47. The number of phenols is 3. The van der Waals surface area contributed by atoms with E-state index >= 15 is 0 Å². The number of hydrogen-bond donors (Lipinski definition) is 4. The van der Waals surface area contributed by atoms with Gasteiger partial charge in [0.1, 0.15) is 17.7 Å². The molecule has 7 nitrogen and oxygen atoms in total. The number of nitrogens with zero attached hydrogens (tertiary/aromatic N) is 3. The molecular weight excluding hydrogens is 284 g/mol. The van der Waals surface area contributed by atoms with Crippen molar-refractivity contribution in [3.63, 3.8) is 0 Å². The van der Waals surface area contributed by atoms with Gasteiger partial charge in [-0.25, -0.2) is 0 Å². The third-order valence-corrected chi connectivity index (χ3v) is 1.89. The maximum Gasteiger partial charge on any atom is 0.200 e. The number of allylic oxidation sites excluding steroid dienone is 1. The molecule has 0 aliphatic carbocycles. The summed E-state index contributed by atoms with van der Waals surface area (Å²) in [6.07, 6.45) is 0. The van der Waals surface area contributed by atoms with Crippen LogP contribution in [-0.2, 0) is 0 Å². The van der Waals surface area contributed by atoms with Crippen molar-refractivity contribution >= 4 is 0 Å². The Morgan fingerprint density at radius 1 is 1.05 bits per heavy atom. The average Bonchev–Trinajstić information content (AvgIpc) is 2.51. The van der Waals surface area contributed by atoms with E-state index in [-0.39, 0.29) is 23.6 Å². The Morgan fingerprint density at radius 2 is 1.45 bits per heavy atom. The summed E-state index contributed by atoms with van der Waals surface area (Å²) < 4.78 is 0. The summed E-state index contributed by atoms with van der Waals surface area (Å²) in [5.41, 5.74) is 6.04. The zero-order valence-electron chi connectivity index (χ0n) is 12.0. The lowest BCUT2D eigenvalue weighted by molar-refractivity contribution is 0.367. The van der Waals surface area contributed by atoms with Gasteiger partial charge in [0.15, 0.2) is 17.2 Å². The highest BCUT2D eigenvalue weighted by molar-refractivity contribution is 5.50. The first kappa shape index (κ1) is 20.8. The van der Waals surface area contributed by atoms with Gasteiger partial charge in [-0.2, -0.15) is 15.8 Å². The molecule has 0 bridgehead atoms. The van der Waals surface area contributed by atoms with Crippen molar-refractivity contribution < 1.29 is 15.3 Å². The molecule has 0 radical (unpaired) electrons. The highest BCUT2D eigenvalue weighted by atomic mass is 16.3. The van der Waals surface area contributed by atoms with E-state index in [2.05, 4.69) is 13.2 Å². The van der Waals surface area contributed by atoms with Crippen molar-refractivity contribution in [2.75, 3.05) is 6.54 Å². The minimum Gasteiger partial charge on any atom is -0.504 e. The molecule has 0 atom stereocenters. The second-order valence-corrected chi connectivity index (χ2v) is 3.77. The van der Waals surface area contributed by atoms with E-state index in [1.807, 2.05) is 0 Å². The number of phenolic OH excluding ortho intramolecular Hbond substituents is 3. The molecule has 0 fully saturated rings. The maximum atomic E-state index is 8.87. The highest BCUT2D eigenvalue weighted by Gasteiger charge is 2.04. The van der Waals surface area contributed by atoms with Gasteiger partial charge in [0.05, 0.1) is 6.07 Å². The molecule has 7 heteroatoms. The van der Waals surface area contributed by atoms with E-state index < -0.39 is 5.75 Å². The smallest absolute Gasteiger partial charge is 0.200 e. The van der Waals surface area contributed by atoms with Crippen LogP contribution in [0.2, 0.25) is 0 Å². The fraction of sp³-hybridized carbons (Fsp3) is 0.133. The Bertz CT molecular complexity index is 622. The number of aromatic hydroxyl groups is 3. The lowest BCUT2D eigenvalue weighted by Gasteiger charge is -2.00. The Kier molecular flexibility index (Phi) is 10.8. The lowest BCUT2D eigenvalue weighted by atomic mass is 10.2. The summed E-state index contributed by atoms with van der Waals surface area (Å²) in [6, 6.07) is 7.65. The quantitative estimate of drug-likeness (QED) is 0.454. The lowest BCUT2D eigenvalue weighted by Crippen LogP contribution is -1.98. The molecule has 1 aromatic carbocycles. The van der Waals surface area contributed by atoms with E-state index in [9.17, 15) is 0 Å². The van der Waals surface area contributed by atoms with Crippen LogP contribution in [0.3, 0.4) is 0 Å². The minimum absolute atomic E-state index is 0.0463. The summed E-state index contributed by atoms with van der Waals surface area (Å²) >= 11 is 0. The van der Waals surface area contributed by atoms with Gasteiger partial charge in [0.25, 0.3) is 0 Å². The molecule has 0 aliphatic heterocycles. The summed E-state index contributed by atoms with van der Waals surface area (Å²) in [5.74, 6) is -1.05. The van der Waals surface area contributed by atoms with Crippen molar-refractivity contribution in [2.45, 2.75) is 6.92 Å². The van der Waals surface area contributed by atoms with Crippen molar-refractivity contribution in [1.29, 1.82) is 15.8 Å². The monoisotopic (exact) mass is 300 g/mol. The normalized spacial score (nSPS) is 7.59. The molecule has 1 aromatic rings. The average molecular weight is 300 g/mol. The third-order valence-electron chi connectivity index (χ3n) is 1.89. The SMILES string of the molecule is C=C(C#N)C#N.C=C(C#N)CN.Cc1cc(O)c(O)c(O)c1. The summed E-state index contributed by atoms with van der Waals surface area (Å²) in [5, 5.41) is 50.0. The minimum atomic E-state index is -0.467. The van der Waals surface area contributed by atoms with Crippen molar-refractivity contribution in [1.82, 2.24) is 0 Å². The molecule has 114 valence electrons. The molecule has 1 rings (SSSR count). The van der Waals surface area contributed by atoms with E-state index in [4.69, 9.17) is 36.8 Å². The van der Waals surface area contributed by atoms with Crippen LogP contribution in [0, 0.1) is 40.9 Å². The van der Waals surface area contributed by atoms with E-state index in [1.165, 1.54) is 12.1 Å². The maximum absolute atomic E-state index is 8.87. The molecule has 0 saturated heterocycles. The zero-order valence-corrected chi connectivity index (χ0v) is 12.0. The molecule has 0 unspecified atom stereocenters. The second kappa shape index (κ2) is 11.4. The van der Waals surface area contributed by atoms with Crippen molar-refractivity contribution in [3.05, 3.63) is 42.0 Å². The van der Waals surface area contributed by atoms with Gasteiger partial charge in [-0.05, 0) is 24.6 Å². The Balaban J connectivity index is 0. The predicted octanol–water partition coefficient (Wildman–Crippen LogP) is 1.73. The highest BCUT2D eigenvalue weighted by Crippen LogP contribution is 2.34. The topological polar surface area (TPSA) is 158 Å². The standard InChI is InChI=1S/C7H8O3.C4H6N2.C4H2N2/c1-4-2-5(8)7(10)6(9)3-4;2*1-4(2-5)3-6/h2-3,8-10H,1H3;1-2,5H2;1H2. The first-order chi connectivity index (χ1) is 10.2. The molecule has 22 heavy (non-hydrogen) atoms. The Morgan fingerprint density at radius 3 is 1.64 bits per heavy atom.